The molecule has 1 fully saturated rings. The maximum Gasteiger partial charge on any atom is 0.232 e. The third kappa shape index (κ3) is 5.17. The number of carbonyl (C=O) groups is 1. The molecule has 0 bridgehead atoms. The van der Waals surface area contributed by atoms with Gasteiger partial charge >= 0.3 is 0 Å². The number of likely N-dealkylation sites (N-methyl/N-ethyl adjacent to an activating group) is 1. The topological polar surface area (TPSA) is 59.0 Å². The van der Waals surface area contributed by atoms with Gasteiger partial charge in [0.2, 0.25) is 5.91 Å². The van der Waals surface area contributed by atoms with E-state index in [1.54, 1.807) is 26.1 Å². The Balaban J connectivity index is 1.76. The van der Waals surface area contributed by atoms with E-state index in [0.29, 0.717) is 19.4 Å². The molecule has 1 amide bonds. The minimum absolute atomic E-state index is 0.0821. The Morgan fingerprint density at radius 3 is 2.28 bits per heavy atom. The van der Waals surface area contributed by atoms with Crippen molar-refractivity contribution in [2.24, 2.45) is 0 Å². The summed E-state index contributed by atoms with van der Waals surface area (Å²) >= 11 is 0. The van der Waals surface area contributed by atoms with Gasteiger partial charge in [-0.1, -0.05) is 42.5 Å². The molecule has 1 aliphatic rings. The van der Waals surface area contributed by atoms with Crippen LogP contribution in [0.25, 0.3) is 0 Å². The van der Waals surface area contributed by atoms with Crippen LogP contribution >= 0.6 is 0 Å². The van der Waals surface area contributed by atoms with Gasteiger partial charge in [-0.05, 0) is 48.9 Å². The molecule has 3 rings (SSSR count). The third-order valence-corrected chi connectivity index (χ3v) is 5.82. The Morgan fingerprint density at radius 1 is 1.10 bits per heavy atom. The minimum Gasteiger partial charge on any atom is -0.489 e. The predicted molar refractivity (Wildman–Crippen MR) is 113 cm³/mol. The highest BCUT2D eigenvalue weighted by molar-refractivity contribution is 5.84. The van der Waals surface area contributed by atoms with Gasteiger partial charge < -0.3 is 19.5 Å². The van der Waals surface area contributed by atoms with Crippen LogP contribution in [0.15, 0.2) is 54.6 Å². The number of nitrogens with zero attached hydrogens (tertiary/aromatic N) is 1. The maximum absolute atomic E-state index is 13.0. The molecular weight excluding hydrogens is 366 g/mol. The fraction of sp³-hybridized carbons (Fsp3) is 0.458. The highest BCUT2D eigenvalue weighted by Crippen LogP contribution is 2.41. The van der Waals surface area contributed by atoms with Crippen molar-refractivity contribution >= 4 is 5.91 Å². The first-order valence-electron chi connectivity index (χ1n) is 10.2. The highest BCUT2D eigenvalue weighted by atomic mass is 16.5. The second-order valence-electron chi connectivity index (χ2n) is 8.05. The fourth-order valence-electron chi connectivity index (χ4n) is 4.05. The normalized spacial score (nSPS) is 22.7. The van der Waals surface area contributed by atoms with Crippen LogP contribution in [0, 0.1) is 0 Å². The van der Waals surface area contributed by atoms with Crippen molar-refractivity contribution in [2.45, 2.75) is 49.9 Å². The lowest BCUT2D eigenvalue weighted by Crippen LogP contribution is -2.47. The van der Waals surface area contributed by atoms with Gasteiger partial charge in [-0.2, -0.15) is 0 Å². The lowest BCUT2D eigenvalue weighted by molar-refractivity contribution is -0.141. The SMILES string of the molecule is COC1CCC(O)(C(C(=O)N(C)C)c2ccc(OCc3ccccc3)cc2)CC1. The zero-order valence-corrected chi connectivity index (χ0v) is 17.5. The van der Waals surface area contributed by atoms with Gasteiger partial charge in [0.25, 0.3) is 0 Å². The number of amides is 1. The van der Waals surface area contributed by atoms with Crippen molar-refractivity contribution in [3.8, 4) is 5.75 Å². The first-order valence-corrected chi connectivity index (χ1v) is 10.2. The van der Waals surface area contributed by atoms with Crippen molar-refractivity contribution in [1.29, 1.82) is 0 Å². The smallest absolute Gasteiger partial charge is 0.232 e. The van der Waals surface area contributed by atoms with E-state index in [1.165, 1.54) is 0 Å². The molecule has 1 unspecified atom stereocenters. The first-order chi connectivity index (χ1) is 13.9. The first kappa shape index (κ1) is 21.3. The lowest BCUT2D eigenvalue weighted by Gasteiger charge is -2.41. The number of carbonyl (C=O) groups excluding carboxylic acids is 1. The van der Waals surface area contributed by atoms with Crippen LogP contribution in [0.3, 0.4) is 0 Å². The van der Waals surface area contributed by atoms with Gasteiger partial charge in [0.1, 0.15) is 12.4 Å². The molecular formula is C24H31NO4. The summed E-state index contributed by atoms with van der Waals surface area (Å²) in [5, 5.41) is 11.4. The van der Waals surface area contributed by atoms with Gasteiger partial charge in [-0.3, -0.25) is 4.79 Å². The molecule has 1 N–H and O–H groups in total. The zero-order valence-electron chi connectivity index (χ0n) is 17.5. The number of aliphatic hydroxyl groups is 1. The summed E-state index contributed by atoms with van der Waals surface area (Å²) in [6, 6.07) is 17.5. The number of ether oxygens (including phenoxy) is 2. The summed E-state index contributed by atoms with van der Waals surface area (Å²) < 4.78 is 11.3. The molecule has 29 heavy (non-hydrogen) atoms. The van der Waals surface area contributed by atoms with E-state index in [1.807, 2.05) is 54.6 Å². The number of benzene rings is 2. The molecule has 5 heteroatoms. The Morgan fingerprint density at radius 2 is 1.72 bits per heavy atom. The summed E-state index contributed by atoms with van der Waals surface area (Å²) in [5.74, 6) is 0.0588. The van der Waals surface area contributed by atoms with Crippen molar-refractivity contribution in [3.05, 3.63) is 65.7 Å². The van der Waals surface area contributed by atoms with Gasteiger partial charge in [-0.25, -0.2) is 0 Å². The molecule has 0 heterocycles. The van der Waals surface area contributed by atoms with Crippen LogP contribution in [0.5, 0.6) is 5.75 Å². The second-order valence-corrected chi connectivity index (χ2v) is 8.05. The number of rotatable bonds is 7. The molecule has 5 nitrogen and oxygen atoms in total. The molecule has 2 aromatic carbocycles. The highest BCUT2D eigenvalue weighted by Gasteiger charge is 2.45. The second kappa shape index (κ2) is 9.42. The summed E-state index contributed by atoms with van der Waals surface area (Å²) in [5.41, 5.74) is 0.846. The predicted octanol–water partition coefficient (Wildman–Crippen LogP) is 3.76. The third-order valence-electron chi connectivity index (χ3n) is 5.82. The summed E-state index contributed by atoms with van der Waals surface area (Å²) in [4.78, 5) is 14.6. The number of hydrogen-bond donors (Lipinski definition) is 1. The van der Waals surface area contributed by atoms with Crippen molar-refractivity contribution in [3.63, 3.8) is 0 Å². The van der Waals surface area contributed by atoms with E-state index in [9.17, 15) is 9.90 Å². The average molecular weight is 398 g/mol. The largest absolute Gasteiger partial charge is 0.489 e. The monoisotopic (exact) mass is 397 g/mol. The maximum atomic E-state index is 13.0. The van der Waals surface area contributed by atoms with Crippen molar-refractivity contribution < 1.29 is 19.4 Å². The molecule has 156 valence electrons. The van der Waals surface area contributed by atoms with Gasteiger partial charge in [0.05, 0.1) is 17.6 Å². The molecule has 0 radical (unpaired) electrons. The van der Waals surface area contributed by atoms with E-state index >= 15 is 0 Å². The van der Waals surface area contributed by atoms with E-state index < -0.39 is 11.5 Å². The van der Waals surface area contributed by atoms with Crippen LogP contribution in [0.1, 0.15) is 42.7 Å². The van der Waals surface area contributed by atoms with E-state index in [4.69, 9.17) is 9.47 Å². The van der Waals surface area contributed by atoms with Crippen LogP contribution in [-0.2, 0) is 16.1 Å². The summed E-state index contributed by atoms with van der Waals surface area (Å²) in [7, 11) is 5.17. The molecule has 2 aromatic rings. The Bertz CT molecular complexity index is 780. The van der Waals surface area contributed by atoms with E-state index in [-0.39, 0.29) is 12.0 Å². The zero-order chi connectivity index (χ0) is 20.9. The van der Waals surface area contributed by atoms with Crippen LogP contribution in [0.2, 0.25) is 0 Å². The average Bonchev–Trinajstić information content (AvgIpc) is 2.74. The van der Waals surface area contributed by atoms with Crippen molar-refractivity contribution in [2.75, 3.05) is 21.2 Å². The van der Waals surface area contributed by atoms with Gasteiger partial charge in [0.15, 0.2) is 0 Å². The number of hydrogen-bond acceptors (Lipinski definition) is 4. The standard InChI is InChI=1S/C24H31NO4/c1-25(2)23(26)22(24(27)15-13-20(28-3)14-16-24)19-9-11-21(12-10-19)29-17-18-7-5-4-6-8-18/h4-12,20,22,27H,13-17H2,1-3H3. The molecule has 0 saturated heterocycles. The quantitative estimate of drug-likeness (QED) is 0.773. The van der Waals surface area contributed by atoms with E-state index in [2.05, 4.69) is 0 Å². The molecule has 0 aliphatic heterocycles. The minimum atomic E-state index is -1.07. The van der Waals surface area contributed by atoms with Crippen molar-refractivity contribution in [1.82, 2.24) is 4.90 Å². The molecule has 1 atom stereocenters. The summed E-state index contributed by atoms with van der Waals surface area (Å²) in [6.07, 6.45) is 2.74. The fourth-order valence-corrected chi connectivity index (χ4v) is 4.05. The summed E-state index contributed by atoms with van der Waals surface area (Å²) in [6.45, 7) is 0.489. The molecule has 0 aromatic heterocycles. The lowest BCUT2D eigenvalue weighted by atomic mass is 9.71. The Hall–Kier alpha value is -2.37. The van der Waals surface area contributed by atoms with Crippen LogP contribution < -0.4 is 4.74 Å². The van der Waals surface area contributed by atoms with Crippen LogP contribution in [-0.4, -0.2) is 48.8 Å². The number of methoxy groups -OCH3 is 1. The van der Waals surface area contributed by atoms with Crippen LogP contribution in [0.4, 0.5) is 0 Å². The van der Waals surface area contributed by atoms with E-state index in [0.717, 1.165) is 29.7 Å². The van der Waals surface area contributed by atoms with Gasteiger partial charge in [-0.15, -0.1) is 0 Å². The molecule has 0 spiro atoms. The Labute approximate surface area is 173 Å². The molecule has 1 aliphatic carbocycles. The molecule has 1 saturated carbocycles. The van der Waals surface area contributed by atoms with Gasteiger partial charge in [0, 0.05) is 21.2 Å². The Kier molecular flexibility index (Phi) is 6.93.